The van der Waals surface area contributed by atoms with Gasteiger partial charge >= 0.3 is 0 Å². The van der Waals surface area contributed by atoms with Crippen LogP contribution in [0.25, 0.3) is 0 Å². The Balaban J connectivity index is 2.07. The average Bonchev–Trinajstić information content (AvgIpc) is 2.60. The van der Waals surface area contributed by atoms with Crippen LogP contribution in [0, 0.1) is 0 Å². The van der Waals surface area contributed by atoms with Crippen LogP contribution in [-0.4, -0.2) is 50.8 Å². The van der Waals surface area contributed by atoms with E-state index in [0.29, 0.717) is 22.4 Å². The number of sulfonamides is 1. The van der Waals surface area contributed by atoms with Crippen LogP contribution in [0.5, 0.6) is 5.75 Å². The van der Waals surface area contributed by atoms with E-state index in [-0.39, 0.29) is 10.8 Å². The lowest BCUT2D eigenvalue weighted by atomic mass is 10.0. The van der Waals surface area contributed by atoms with Crippen molar-refractivity contribution in [2.75, 3.05) is 32.3 Å². The zero-order valence-electron chi connectivity index (χ0n) is 14.9. The Hall–Kier alpha value is -1.25. The molecule has 1 aliphatic carbocycles. The van der Waals surface area contributed by atoms with Crippen LogP contribution in [0.1, 0.15) is 32.1 Å². The van der Waals surface area contributed by atoms with Crippen LogP contribution in [-0.2, 0) is 14.8 Å². The SMILES string of the molecule is COc1ccc(S(=O)(=O)N(C)C)cc1NC(=O)CSC1CCCCC1. The van der Waals surface area contributed by atoms with Gasteiger partial charge in [-0.1, -0.05) is 19.3 Å². The molecule has 0 atom stereocenters. The molecule has 25 heavy (non-hydrogen) atoms. The van der Waals surface area contributed by atoms with Gasteiger partial charge in [-0.15, -0.1) is 11.8 Å². The molecule has 0 spiro atoms. The highest BCUT2D eigenvalue weighted by molar-refractivity contribution is 8.00. The number of nitrogens with zero attached hydrogens (tertiary/aromatic N) is 1. The molecular weight excluding hydrogens is 360 g/mol. The number of carbonyl (C=O) groups is 1. The lowest BCUT2D eigenvalue weighted by Crippen LogP contribution is -2.23. The van der Waals surface area contributed by atoms with E-state index in [1.54, 1.807) is 17.8 Å². The summed E-state index contributed by atoms with van der Waals surface area (Å²) in [5, 5.41) is 3.33. The lowest BCUT2D eigenvalue weighted by Gasteiger charge is -2.20. The second-order valence-electron chi connectivity index (χ2n) is 6.27. The molecular formula is C17H26N2O4S2. The molecule has 0 aliphatic heterocycles. The average molecular weight is 387 g/mol. The third-order valence-electron chi connectivity index (χ3n) is 4.23. The van der Waals surface area contributed by atoms with Gasteiger partial charge in [0.15, 0.2) is 0 Å². The Morgan fingerprint density at radius 2 is 1.96 bits per heavy atom. The largest absolute Gasteiger partial charge is 0.495 e. The van der Waals surface area contributed by atoms with Crippen molar-refractivity contribution in [2.45, 2.75) is 42.2 Å². The predicted octanol–water partition coefficient (Wildman–Crippen LogP) is 2.95. The first kappa shape index (κ1) is 20.1. The number of hydrogen-bond donors (Lipinski definition) is 1. The second-order valence-corrected chi connectivity index (χ2v) is 9.71. The molecule has 2 rings (SSSR count). The molecule has 0 radical (unpaired) electrons. The molecule has 0 saturated heterocycles. The highest BCUT2D eigenvalue weighted by Gasteiger charge is 2.20. The normalized spacial score (nSPS) is 16.0. The summed E-state index contributed by atoms with van der Waals surface area (Å²) >= 11 is 1.67. The van der Waals surface area contributed by atoms with E-state index in [9.17, 15) is 13.2 Å². The Bertz CT molecular complexity index is 699. The van der Waals surface area contributed by atoms with Crippen LogP contribution in [0.2, 0.25) is 0 Å². The van der Waals surface area contributed by atoms with E-state index in [1.165, 1.54) is 52.6 Å². The van der Waals surface area contributed by atoms with E-state index in [4.69, 9.17) is 4.74 Å². The van der Waals surface area contributed by atoms with Gasteiger partial charge in [0.2, 0.25) is 15.9 Å². The van der Waals surface area contributed by atoms with Gasteiger partial charge in [0, 0.05) is 19.3 Å². The monoisotopic (exact) mass is 386 g/mol. The first-order chi connectivity index (χ1) is 11.8. The fourth-order valence-corrected chi connectivity index (χ4v) is 4.82. The number of rotatable bonds is 7. The minimum absolute atomic E-state index is 0.119. The molecule has 1 fully saturated rings. The van der Waals surface area contributed by atoms with Crippen molar-refractivity contribution in [3.8, 4) is 5.75 Å². The van der Waals surface area contributed by atoms with Gasteiger partial charge in [-0.2, -0.15) is 0 Å². The molecule has 6 nitrogen and oxygen atoms in total. The van der Waals surface area contributed by atoms with Gasteiger partial charge in [-0.25, -0.2) is 12.7 Å². The number of anilines is 1. The van der Waals surface area contributed by atoms with Gasteiger partial charge in [-0.05, 0) is 31.0 Å². The van der Waals surface area contributed by atoms with Crippen molar-refractivity contribution < 1.29 is 17.9 Å². The number of benzene rings is 1. The van der Waals surface area contributed by atoms with E-state index >= 15 is 0 Å². The van der Waals surface area contributed by atoms with Crippen molar-refractivity contribution >= 4 is 33.4 Å². The third kappa shape index (κ3) is 5.36. The fraction of sp³-hybridized carbons (Fsp3) is 0.588. The summed E-state index contributed by atoms with van der Waals surface area (Å²) in [5.41, 5.74) is 0.375. The molecule has 1 aliphatic rings. The summed E-state index contributed by atoms with van der Waals surface area (Å²) < 4.78 is 30.9. The van der Waals surface area contributed by atoms with E-state index in [1.807, 2.05) is 0 Å². The topological polar surface area (TPSA) is 75.7 Å². The van der Waals surface area contributed by atoms with Crippen LogP contribution >= 0.6 is 11.8 Å². The van der Waals surface area contributed by atoms with Crippen molar-refractivity contribution in [1.29, 1.82) is 0 Å². The number of thioether (sulfide) groups is 1. The minimum Gasteiger partial charge on any atom is -0.495 e. The Morgan fingerprint density at radius 3 is 2.56 bits per heavy atom. The van der Waals surface area contributed by atoms with E-state index in [0.717, 1.165) is 17.1 Å². The molecule has 1 N–H and O–H groups in total. The molecule has 8 heteroatoms. The van der Waals surface area contributed by atoms with Gasteiger partial charge in [0.1, 0.15) is 5.75 Å². The highest BCUT2D eigenvalue weighted by atomic mass is 32.2. The maximum absolute atomic E-state index is 12.3. The Kier molecular flexibility index (Phi) is 7.15. The van der Waals surface area contributed by atoms with Gasteiger partial charge in [0.05, 0.1) is 23.4 Å². The number of amides is 1. The van der Waals surface area contributed by atoms with Crippen LogP contribution in [0.15, 0.2) is 23.1 Å². The van der Waals surface area contributed by atoms with Crippen LogP contribution < -0.4 is 10.1 Å². The summed E-state index contributed by atoms with van der Waals surface area (Å²) in [6, 6.07) is 4.47. The van der Waals surface area contributed by atoms with Crippen molar-refractivity contribution in [3.63, 3.8) is 0 Å². The molecule has 140 valence electrons. The number of ether oxygens (including phenoxy) is 1. The quantitative estimate of drug-likeness (QED) is 0.780. The molecule has 0 aromatic heterocycles. The maximum atomic E-state index is 12.3. The lowest BCUT2D eigenvalue weighted by molar-refractivity contribution is -0.113. The zero-order chi connectivity index (χ0) is 18.4. The van der Waals surface area contributed by atoms with Gasteiger partial charge in [-0.3, -0.25) is 4.79 Å². The first-order valence-electron chi connectivity index (χ1n) is 8.36. The van der Waals surface area contributed by atoms with Crippen molar-refractivity contribution in [2.24, 2.45) is 0 Å². The molecule has 1 saturated carbocycles. The summed E-state index contributed by atoms with van der Waals surface area (Å²) in [4.78, 5) is 12.4. The van der Waals surface area contributed by atoms with Gasteiger partial charge < -0.3 is 10.1 Å². The summed E-state index contributed by atoms with van der Waals surface area (Å²) in [6.07, 6.45) is 6.08. The zero-order valence-corrected chi connectivity index (χ0v) is 16.6. The van der Waals surface area contributed by atoms with Crippen LogP contribution in [0.3, 0.4) is 0 Å². The first-order valence-corrected chi connectivity index (χ1v) is 10.9. The standard InChI is InChI=1S/C17H26N2O4S2/c1-19(2)25(21,22)14-9-10-16(23-3)15(11-14)18-17(20)12-24-13-7-5-4-6-8-13/h9-11,13H,4-8,12H2,1-3H3,(H,18,20). The summed E-state index contributed by atoms with van der Waals surface area (Å²) in [6.45, 7) is 0. The molecule has 1 aromatic rings. The van der Waals surface area contributed by atoms with E-state index < -0.39 is 10.0 Å². The number of methoxy groups -OCH3 is 1. The molecule has 1 aromatic carbocycles. The minimum atomic E-state index is -3.57. The van der Waals surface area contributed by atoms with Crippen LogP contribution in [0.4, 0.5) is 5.69 Å². The summed E-state index contributed by atoms with van der Waals surface area (Å²) in [5.74, 6) is 0.653. The molecule has 0 unspecified atom stereocenters. The third-order valence-corrected chi connectivity index (χ3v) is 7.41. The van der Waals surface area contributed by atoms with Gasteiger partial charge in [0.25, 0.3) is 0 Å². The summed E-state index contributed by atoms with van der Waals surface area (Å²) in [7, 11) is 0.861. The number of nitrogens with one attached hydrogen (secondary N) is 1. The fourth-order valence-electron chi connectivity index (χ4n) is 2.77. The predicted molar refractivity (Wildman–Crippen MR) is 102 cm³/mol. The van der Waals surface area contributed by atoms with E-state index in [2.05, 4.69) is 5.32 Å². The Morgan fingerprint density at radius 1 is 1.28 bits per heavy atom. The molecule has 0 bridgehead atoms. The number of hydrogen-bond acceptors (Lipinski definition) is 5. The smallest absolute Gasteiger partial charge is 0.242 e. The highest BCUT2D eigenvalue weighted by Crippen LogP contribution is 2.30. The maximum Gasteiger partial charge on any atom is 0.242 e. The van der Waals surface area contributed by atoms with Crippen molar-refractivity contribution in [1.82, 2.24) is 4.31 Å². The second kappa shape index (κ2) is 8.91. The molecule has 0 heterocycles. The van der Waals surface area contributed by atoms with Crippen molar-refractivity contribution in [3.05, 3.63) is 18.2 Å². The Labute approximate surface area is 154 Å². The molecule has 1 amide bonds. The number of carbonyl (C=O) groups excluding carboxylic acids is 1.